The number of hydrogen-bond donors (Lipinski definition) is 1. The van der Waals surface area contributed by atoms with Crippen molar-refractivity contribution in [2.24, 2.45) is 7.05 Å². The molecule has 0 spiro atoms. The Bertz CT molecular complexity index is 981. The van der Waals surface area contributed by atoms with Crippen LogP contribution in [-0.2, 0) is 18.4 Å². The zero-order valence-corrected chi connectivity index (χ0v) is 14.6. The summed E-state index contributed by atoms with van der Waals surface area (Å²) in [4.78, 5) is 24.3. The first-order chi connectivity index (χ1) is 11.9. The average molecular weight is 340 g/mol. The SMILES string of the molecule is Cc1nn(-c2ccccc2)c(C)c1NC(=O)Cn1nc(C)n(C)c1=O. The quantitative estimate of drug-likeness (QED) is 0.776. The molecule has 8 nitrogen and oxygen atoms in total. The predicted molar refractivity (Wildman–Crippen MR) is 93.9 cm³/mol. The summed E-state index contributed by atoms with van der Waals surface area (Å²) in [5, 5.41) is 11.4. The summed E-state index contributed by atoms with van der Waals surface area (Å²) in [6.07, 6.45) is 0. The minimum atomic E-state index is -0.320. The van der Waals surface area contributed by atoms with Crippen LogP contribution in [0, 0.1) is 20.8 Å². The van der Waals surface area contributed by atoms with Crippen molar-refractivity contribution >= 4 is 11.6 Å². The standard InChI is InChI=1S/C17H20N6O2/c1-11-16(12(2)23(19-11)14-8-6-5-7-9-14)18-15(24)10-22-17(25)21(4)13(3)20-22/h5-9H,10H2,1-4H3,(H,18,24). The highest BCUT2D eigenvalue weighted by Crippen LogP contribution is 2.22. The fraction of sp³-hybridized carbons (Fsp3) is 0.294. The molecule has 0 bridgehead atoms. The first kappa shape index (κ1) is 16.7. The molecule has 0 atom stereocenters. The highest BCUT2D eigenvalue weighted by Gasteiger charge is 2.17. The maximum absolute atomic E-state index is 12.3. The smallest absolute Gasteiger partial charge is 0.321 e. The Hall–Kier alpha value is -3.16. The van der Waals surface area contributed by atoms with Crippen LogP contribution in [0.5, 0.6) is 0 Å². The van der Waals surface area contributed by atoms with Crippen molar-refractivity contribution < 1.29 is 4.79 Å². The molecule has 0 radical (unpaired) electrons. The largest absolute Gasteiger partial charge is 0.346 e. The Balaban J connectivity index is 1.83. The van der Waals surface area contributed by atoms with Gasteiger partial charge in [-0.25, -0.2) is 14.2 Å². The first-order valence-electron chi connectivity index (χ1n) is 7.90. The van der Waals surface area contributed by atoms with Gasteiger partial charge in [-0.2, -0.15) is 10.2 Å². The number of carbonyl (C=O) groups excluding carboxylic acids is 1. The summed E-state index contributed by atoms with van der Waals surface area (Å²) in [6.45, 7) is 5.29. The van der Waals surface area contributed by atoms with Crippen LogP contribution < -0.4 is 11.0 Å². The number of nitrogens with one attached hydrogen (secondary N) is 1. The van der Waals surface area contributed by atoms with Crippen molar-refractivity contribution in [1.29, 1.82) is 0 Å². The second kappa shape index (κ2) is 6.39. The number of anilines is 1. The van der Waals surface area contributed by atoms with Crippen molar-refractivity contribution in [2.75, 3.05) is 5.32 Å². The van der Waals surface area contributed by atoms with Gasteiger partial charge in [0.15, 0.2) is 0 Å². The number of carbonyl (C=O) groups is 1. The molecule has 0 saturated carbocycles. The summed E-state index contributed by atoms with van der Waals surface area (Å²) in [7, 11) is 1.62. The van der Waals surface area contributed by atoms with Gasteiger partial charge < -0.3 is 5.32 Å². The Morgan fingerprint density at radius 2 is 1.80 bits per heavy atom. The molecule has 0 saturated heterocycles. The number of hydrogen-bond acceptors (Lipinski definition) is 4. The second-order valence-electron chi connectivity index (χ2n) is 5.89. The summed E-state index contributed by atoms with van der Waals surface area (Å²) < 4.78 is 4.33. The number of para-hydroxylation sites is 1. The normalized spacial score (nSPS) is 10.9. The lowest BCUT2D eigenvalue weighted by atomic mass is 10.3. The molecule has 0 aliphatic rings. The molecule has 0 aliphatic carbocycles. The van der Waals surface area contributed by atoms with E-state index in [1.54, 1.807) is 18.7 Å². The lowest BCUT2D eigenvalue weighted by molar-refractivity contribution is -0.117. The van der Waals surface area contributed by atoms with Crippen molar-refractivity contribution in [3.63, 3.8) is 0 Å². The number of aryl methyl sites for hydroxylation is 2. The lowest BCUT2D eigenvalue weighted by Crippen LogP contribution is -2.29. The first-order valence-corrected chi connectivity index (χ1v) is 7.90. The van der Waals surface area contributed by atoms with Gasteiger partial charge in [-0.05, 0) is 32.9 Å². The van der Waals surface area contributed by atoms with Crippen molar-refractivity contribution in [3.8, 4) is 5.69 Å². The molecule has 1 aromatic carbocycles. The molecule has 2 aromatic heterocycles. The third-order valence-corrected chi connectivity index (χ3v) is 4.11. The molecule has 130 valence electrons. The van der Waals surface area contributed by atoms with Gasteiger partial charge in [0.25, 0.3) is 0 Å². The summed E-state index contributed by atoms with van der Waals surface area (Å²) in [5.74, 6) is 0.237. The molecule has 0 fully saturated rings. The maximum Gasteiger partial charge on any atom is 0.346 e. The van der Waals surface area contributed by atoms with Gasteiger partial charge in [-0.15, -0.1) is 0 Å². The highest BCUT2D eigenvalue weighted by molar-refractivity contribution is 5.91. The third-order valence-electron chi connectivity index (χ3n) is 4.11. The van der Waals surface area contributed by atoms with E-state index in [9.17, 15) is 9.59 Å². The summed E-state index contributed by atoms with van der Waals surface area (Å²) >= 11 is 0. The number of benzene rings is 1. The topological polar surface area (TPSA) is 86.7 Å². The van der Waals surface area contributed by atoms with E-state index < -0.39 is 0 Å². The van der Waals surface area contributed by atoms with Crippen LogP contribution in [0.15, 0.2) is 35.1 Å². The van der Waals surface area contributed by atoms with E-state index in [2.05, 4.69) is 15.5 Å². The van der Waals surface area contributed by atoms with E-state index in [0.29, 0.717) is 17.2 Å². The Kier molecular flexibility index (Phi) is 4.26. The van der Waals surface area contributed by atoms with E-state index in [1.807, 2.05) is 44.2 Å². The van der Waals surface area contributed by atoms with Gasteiger partial charge >= 0.3 is 5.69 Å². The van der Waals surface area contributed by atoms with Crippen molar-refractivity contribution in [2.45, 2.75) is 27.3 Å². The lowest BCUT2D eigenvalue weighted by Gasteiger charge is -2.07. The zero-order valence-electron chi connectivity index (χ0n) is 14.6. The Labute approximate surface area is 144 Å². The third kappa shape index (κ3) is 3.10. The van der Waals surface area contributed by atoms with Crippen LogP contribution in [0.3, 0.4) is 0 Å². The van der Waals surface area contributed by atoms with Crippen LogP contribution in [0.4, 0.5) is 5.69 Å². The molecule has 1 N–H and O–H groups in total. The fourth-order valence-corrected chi connectivity index (χ4v) is 2.66. The van der Waals surface area contributed by atoms with E-state index in [-0.39, 0.29) is 18.1 Å². The van der Waals surface area contributed by atoms with Crippen LogP contribution in [0.1, 0.15) is 17.2 Å². The molecular weight excluding hydrogens is 320 g/mol. The number of nitrogens with zero attached hydrogens (tertiary/aromatic N) is 5. The van der Waals surface area contributed by atoms with Crippen LogP contribution in [0.2, 0.25) is 0 Å². The Morgan fingerprint density at radius 1 is 1.12 bits per heavy atom. The van der Waals surface area contributed by atoms with Crippen LogP contribution in [-0.4, -0.2) is 30.0 Å². The molecule has 8 heteroatoms. The van der Waals surface area contributed by atoms with Gasteiger partial charge in [0, 0.05) is 7.05 Å². The van der Waals surface area contributed by atoms with Crippen LogP contribution >= 0.6 is 0 Å². The van der Waals surface area contributed by atoms with E-state index in [1.165, 1.54) is 4.57 Å². The van der Waals surface area contributed by atoms with Gasteiger partial charge in [0.2, 0.25) is 5.91 Å². The highest BCUT2D eigenvalue weighted by atomic mass is 16.2. The van der Waals surface area contributed by atoms with Gasteiger partial charge in [-0.1, -0.05) is 18.2 Å². The zero-order chi connectivity index (χ0) is 18.1. The fourth-order valence-electron chi connectivity index (χ4n) is 2.66. The van der Waals surface area contributed by atoms with E-state index >= 15 is 0 Å². The minimum Gasteiger partial charge on any atom is -0.321 e. The number of amides is 1. The molecule has 25 heavy (non-hydrogen) atoms. The molecular formula is C17H20N6O2. The van der Waals surface area contributed by atoms with E-state index in [4.69, 9.17) is 0 Å². The maximum atomic E-state index is 12.3. The minimum absolute atomic E-state index is 0.143. The van der Waals surface area contributed by atoms with Gasteiger partial charge in [0.05, 0.1) is 22.8 Å². The Morgan fingerprint density at radius 3 is 2.40 bits per heavy atom. The number of aromatic nitrogens is 5. The molecule has 2 heterocycles. The second-order valence-corrected chi connectivity index (χ2v) is 5.89. The van der Waals surface area contributed by atoms with E-state index in [0.717, 1.165) is 16.1 Å². The molecule has 0 aliphatic heterocycles. The molecule has 3 rings (SSSR count). The monoisotopic (exact) mass is 340 g/mol. The van der Waals surface area contributed by atoms with Gasteiger partial charge in [-0.3, -0.25) is 9.36 Å². The predicted octanol–water partition coefficient (Wildman–Crippen LogP) is 1.33. The molecule has 1 amide bonds. The van der Waals surface area contributed by atoms with Gasteiger partial charge in [0.1, 0.15) is 12.4 Å². The number of rotatable bonds is 4. The van der Waals surface area contributed by atoms with Crippen molar-refractivity contribution in [1.82, 2.24) is 24.1 Å². The molecule has 3 aromatic rings. The molecule has 0 unspecified atom stereocenters. The van der Waals surface area contributed by atoms with Crippen molar-refractivity contribution in [3.05, 3.63) is 58.0 Å². The summed E-state index contributed by atoms with van der Waals surface area (Å²) in [5.41, 5.74) is 2.77. The average Bonchev–Trinajstić information content (AvgIpc) is 3.00. The van der Waals surface area contributed by atoms with Crippen LogP contribution in [0.25, 0.3) is 5.69 Å². The summed E-state index contributed by atoms with van der Waals surface area (Å²) in [6, 6.07) is 9.69.